The number of likely N-dealkylation sites (tertiary alicyclic amines) is 1. The van der Waals surface area contributed by atoms with Gasteiger partial charge in [-0.05, 0) is 37.3 Å². The van der Waals surface area contributed by atoms with Crippen molar-refractivity contribution in [2.24, 2.45) is 5.92 Å². The molecular weight excluding hydrogens is 460 g/mol. The van der Waals surface area contributed by atoms with E-state index in [4.69, 9.17) is 9.47 Å². The first kappa shape index (κ1) is 25.6. The average molecular weight is 495 g/mol. The summed E-state index contributed by atoms with van der Waals surface area (Å²) in [6.07, 6.45) is 6.17. The Morgan fingerprint density at radius 3 is 2.58 bits per heavy atom. The Hall–Kier alpha value is -3.53. The molecule has 0 radical (unpaired) electrons. The van der Waals surface area contributed by atoms with Crippen LogP contribution in [0.1, 0.15) is 33.1 Å². The van der Waals surface area contributed by atoms with Gasteiger partial charge >= 0.3 is 0 Å². The van der Waals surface area contributed by atoms with Crippen molar-refractivity contribution in [3.8, 4) is 17.0 Å². The molecule has 0 aliphatic carbocycles. The summed E-state index contributed by atoms with van der Waals surface area (Å²) in [6, 6.07) is 5.61. The summed E-state index contributed by atoms with van der Waals surface area (Å²) >= 11 is 0. The van der Waals surface area contributed by atoms with Crippen molar-refractivity contribution in [1.82, 2.24) is 24.4 Å². The van der Waals surface area contributed by atoms with Gasteiger partial charge in [0.2, 0.25) is 11.8 Å². The summed E-state index contributed by atoms with van der Waals surface area (Å²) in [4.78, 5) is 40.4. The molecule has 192 valence electrons. The van der Waals surface area contributed by atoms with Crippen molar-refractivity contribution in [3.05, 3.63) is 40.9 Å². The van der Waals surface area contributed by atoms with Gasteiger partial charge in [-0.15, -0.1) is 0 Å². The van der Waals surface area contributed by atoms with E-state index in [-0.39, 0.29) is 11.5 Å². The van der Waals surface area contributed by atoms with Crippen molar-refractivity contribution in [1.29, 1.82) is 0 Å². The van der Waals surface area contributed by atoms with Crippen LogP contribution in [0.2, 0.25) is 0 Å². The van der Waals surface area contributed by atoms with E-state index in [0.29, 0.717) is 55.1 Å². The lowest BCUT2D eigenvalue weighted by Crippen LogP contribution is -2.39. The van der Waals surface area contributed by atoms with E-state index in [0.717, 1.165) is 43.5 Å². The molecule has 0 unspecified atom stereocenters. The van der Waals surface area contributed by atoms with Gasteiger partial charge in [-0.2, -0.15) is 0 Å². The number of methoxy groups -OCH3 is 1. The standard InChI is InChI=1S/C26H34N6O4/c1-4-12-36-13-11-32-22-14-21(20-5-6-23(35-3)27-16-20)17-29-24(22)30-25(26(32)34)28-15-19-7-9-31(10-8-19)18(2)33/h5-6,14,16-17,19H,4,7-13,15H2,1-3H3,(H,28,29,30). The zero-order valence-electron chi connectivity index (χ0n) is 21.2. The minimum absolute atomic E-state index is 0.113. The maximum Gasteiger partial charge on any atom is 0.293 e. The Kier molecular flexibility index (Phi) is 8.48. The minimum atomic E-state index is -0.199. The fraction of sp³-hybridized carbons (Fsp3) is 0.500. The number of hydrogen-bond acceptors (Lipinski definition) is 8. The van der Waals surface area contributed by atoms with Crippen LogP contribution in [0.4, 0.5) is 5.82 Å². The van der Waals surface area contributed by atoms with Gasteiger partial charge in [0.15, 0.2) is 11.5 Å². The summed E-state index contributed by atoms with van der Waals surface area (Å²) in [5, 5.41) is 3.27. The normalized spacial score (nSPS) is 14.2. The van der Waals surface area contributed by atoms with Gasteiger partial charge in [0.05, 0.1) is 19.2 Å². The topological polar surface area (TPSA) is 111 Å². The fourth-order valence-electron chi connectivity index (χ4n) is 4.38. The van der Waals surface area contributed by atoms with Crippen LogP contribution in [0.5, 0.6) is 5.88 Å². The zero-order valence-corrected chi connectivity index (χ0v) is 21.2. The molecule has 36 heavy (non-hydrogen) atoms. The monoisotopic (exact) mass is 494 g/mol. The molecule has 1 N–H and O–H groups in total. The van der Waals surface area contributed by atoms with Gasteiger partial charge in [0.1, 0.15) is 0 Å². The number of aromatic nitrogens is 4. The Balaban J connectivity index is 1.59. The summed E-state index contributed by atoms with van der Waals surface area (Å²) in [5.41, 5.74) is 2.64. The molecule has 3 aromatic rings. The van der Waals surface area contributed by atoms with E-state index in [2.05, 4.69) is 27.2 Å². The van der Waals surface area contributed by atoms with Crippen molar-refractivity contribution in [3.63, 3.8) is 0 Å². The first-order valence-corrected chi connectivity index (χ1v) is 12.5. The van der Waals surface area contributed by atoms with Crippen molar-refractivity contribution in [2.75, 3.05) is 45.3 Å². The van der Waals surface area contributed by atoms with Crippen LogP contribution in [0.25, 0.3) is 22.3 Å². The van der Waals surface area contributed by atoms with E-state index in [1.807, 2.05) is 17.0 Å². The summed E-state index contributed by atoms with van der Waals surface area (Å²) < 4.78 is 12.5. The Bertz CT molecular complexity index is 1240. The van der Waals surface area contributed by atoms with E-state index >= 15 is 0 Å². The molecule has 0 bridgehead atoms. The second-order valence-electron chi connectivity index (χ2n) is 9.02. The second-order valence-corrected chi connectivity index (χ2v) is 9.02. The van der Waals surface area contributed by atoms with Gasteiger partial charge in [0.25, 0.3) is 5.56 Å². The Labute approximate surface area is 210 Å². The highest BCUT2D eigenvalue weighted by Crippen LogP contribution is 2.23. The Morgan fingerprint density at radius 1 is 1.14 bits per heavy atom. The number of nitrogens with zero attached hydrogens (tertiary/aromatic N) is 5. The fourth-order valence-corrected chi connectivity index (χ4v) is 4.38. The number of nitrogens with one attached hydrogen (secondary N) is 1. The molecule has 4 heterocycles. The number of hydrogen-bond donors (Lipinski definition) is 1. The molecule has 0 spiro atoms. The maximum atomic E-state index is 13.5. The number of piperidine rings is 1. The lowest BCUT2D eigenvalue weighted by Gasteiger charge is -2.31. The number of anilines is 1. The Morgan fingerprint density at radius 2 is 1.92 bits per heavy atom. The van der Waals surface area contributed by atoms with Gasteiger partial charge in [-0.3, -0.25) is 14.2 Å². The molecule has 0 atom stereocenters. The van der Waals surface area contributed by atoms with Gasteiger partial charge in [-0.25, -0.2) is 15.0 Å². The van der Waals surface area contributed by atoms with Crippen LogP contribution in [0.15, 0.2) is 35.4 Å². The first-order valence-electron chi connectivity index (χ1n) is 12.5. The average Bonchev–Trinajstić information content (AvgIpc) is 2.91. The summed E-state index contributed by atoms with van der Waals surface area (Å²) in [7, 11) is 1.57. The number of carbonyl (C=O) groups excluding carboxylic acids is 1. The molecule has 1 aliphatic heterocycles. The van der Waals surface area contributed by atoms with E-state index in [1.54, 1.807) is 37.1 Å². The number of carbonyl (C=O) groups is 1. The zero-order chi connectivity index (χ0) is 25.5. The SMILES string of the molecule is CCCOCCn1c(=O)c(NCC2CCN(C(C)=O)CC2)nc2ncc(-c3ccc(OC)nc3)cc21. The summed E-state index contributed by atoms with van der Waals surface area (Å²) in [5.74, 6) is 1.30. The molecule has 0 aromatic carbocycles. The van der Waals surface area contributed by atoms with Crippen LogP contribution >= 0.6 is 0 Å². The second kappa shape index (κ2) is 11.9. The number of fused-ring (bicyclic) bond motifs is 1. The first-order chi connectivity index (χ1) is 17.5. The van der Waals surface area contributed by atoms with Gasteiger partial charge in [0, 0.05) is 69.3 Å². The largest absolute Gasteiger partial charge is 0.481 e. The molecule has 1 aliphatic rings. The molecule has 4 rings (SSSR count). The van der Waals surface area contributed by atoms with Crippen LogP contribution in [-0.4, -0.2) is 70.3 Å². The predicted molar refractivity (Wildman–Crippen MR) is 138 cm³/mol. The highest BCUT2D eigenvalue weighted by molar-refractivity contribution is 5.79. The quantitative estimate of drug-likeness (QED) is 0.428. The van der Waals surface area contributed by atoms with Crippen LogP contribution < -0.4 is 15.6 Å². The predicted octanol–water partition coefficient (Wildman–Crippen LogP) is 2.96. The van der Waals surface area contributed by atoms with Crippen LogP contribution in [0.3, 0.4) is 0 Å². The smallest absolute Gasteiger partial charge is 0.293 e. The maximum absolute atomic E-state index is 13.5. The number of rotatable bonds is 10. The molecule has 10 heteroatoms. The third-order valence-corrected chi connectivity index (χ3v) is 6.51. The van der Waals surface area contributed by atoms with Crippen molar-refractivity contribution in [2.45, 2.75) is 39.7 Å². The molecule has 0 saturated carbocycles. The third kappa shape index (κ3) is 5.99. The minimum Gasteiger partial charge on any atom is -0.481 e. The summed E-state index contributed by atoms with van der Waals surface area (Å²) in [6.45, 7) is 7.24. The molecule has 1 amide bonds. The van der Waals surface area contributed by atoms with E-state index < -0.39 is 0 Å². The van der Waals surface area contributed by atoms with Gasteiger partial charge < -0.3 is 19.7 Å². The van der Waals surface area contributed by atoms with Crippen molar-refractivity contribution < 1.29 is 14.3 Å². The molecule has 1 saturated heterocycles. The molecule has 10 nitrogen and oxygen atoms in total. The molecular formula is C26H34N6O4. The third-order valence-electron chi connectivity index (χ3n) is 6.51. The highest BCUT2D eigenvalue weighted by atomic mass is 16.5. The van der Waals surface area contributed by atoms with E-state index in [1.165, 1.54) is 0 Å². The highest BCUT2D eigenvalue weighted by Gasteiger charge is 2.21. The van der Waals surface area contributed by atoms with Crippen LogP contribution in [0, 0.1) is 5.92 Å². The van der Waals surface area contributed by atoms with E-state index in [9.17, 15) is 9.59 Å². The lowest BCUT2D eigenvalue weighted by molar-refractivity contribution is -0.130. The van der Waals surface area contributed by atoms with Crippen LogP contribution in [-0.2, 0) is 16.1 Å². The molecule has 3 aromatic heterocycles. The molecule has 1 fully saturated rings. The number of amides is 1. The van der Waals surface area contributed by atoms with Gasteiger partial charge in [-0.1, -0.05) is 6.92 Å². The number of ether oxygens (including phenoxy) is 2. The van der Waals surface area contributed by atoms with Crippen molar-refractivity contribution >= 4 is 22.9 Å². The number of pyridine rings is 2. The lowest BCUT2D eigenvalue weighted by atomic mass is 9.97.